The summed E-state index contributed by atoms with van der Waals surface area (Å²) in [7, 11) is 0. The Kier molecular flexibility index (Phi) is 7.55. The van der Waals surface area contributed by atoms with E-state index in [-0.39, 0.29) is 42.3 Å². The highest BCUT2D eigenvalue weighted by molar-refractivity contribution is 6.08. The van der Waals surface area contributed by atoms with Crippen LogP contribution >= 0.6 is 0 Å². The molecule has 1 fully saturated rings. The Balaban J connectivity index is 1.54. The van der Waals surface area contributed by atoms with Crippen LogP contribution in [0.2, 0.25) is 0 Å². The third kappa shape index (κ3) is 6.10. The number of aliphatic hydroxyl groups excluding tert-OH is 1. The topological polar surface area (TPSA) is 78.0 Å². The summed E-state index contributed by atoms with van der Waals surface area (Å²) < 4.78 is 32.6. The van der Waals surface area contributed by atoms with E-state index in [9.17, 15) is 13.9 Å². The van der Waals surface area contributed by atoms with Crippen LogP contribution in [0.3, 0.4) is 0 Å². The van der Waals surface area contributed by atoms with Gasteiger partial charge in [0.25, 0.3) is 0 Å². The maximum Gasteiger partial charge on any atom is 0.245 e. The van der Waals surface area contributed by atoms with E-state index < -0.39 is 17.8 Å². The zero-order valence-electron chi connectivity index (χ0n) is 22.3. The van der Waals surface area contributed by atoms with E-state index in [0.29, 0.717) is 12.5 Å². The average molecular weight is 502 g/mol. The molecule has 2 heterocycles. The maximum absolute atomic E-state index is 13.4. The van der Waals surface area contributed by atoms with Crippen molar-refractivity contribution in [1.29, 1.82) is 5.41 Å². The number of alkyl halides is 2. The molecule has 1 saturated carbocycles. The smallest absolute Gasteiger partial charge is 0.245 e. The Morgan fingerprint density at radius 3 is 2.61 bits per heavy atom. The van der Waals surface area contributed by atoms with Gasteiger partial charge in [0.2, 0.25) is 5.92 Å². The summed E-state index contributed by atoms with van der Waals surface area (Å²) in [5.74, 6) is -2.15. The molecule has 7 heteroatoms. The lowest BCUT2D eigenvalue weighted by Crippen LogP contribution is -2.37. The van der Waals surface area contributed by atoms with E-state index >= 15 is 0 Å². The first-order valence-corrected chi connectivity index (χ1v) is 13.3. The molecule has 5 rings (SSSR count). The Labute approximate surface area is 214 Å². The van der Waals surface area contributed by atoms with Gasteiger partial charge in [0, 0.05) is 29.7 Å². The van der Waals surface area contributed by atoms with Crippen LogP contribution in [0.1, 0.15) is 73.1 Å². The molecule has 0 spiro atoms. The SMILES string of the molecule is C=C1C2=CC(CCC(C)(F)F)=NCC2C(C2=CC3CCC2CC(C(=N)C(O)OC(C)(C)C)C3)=NC1C. The van der Waals surface area contributed by atoms with Gasteiger partial charge in [0.1, 0.15) is 0 Å². The highest BCUT2D eigenvalue weighted by atomic mass is 19.3. The summed E-state index contributed by atoms with van der Waals surface area (Å²) in [6, 6.07) is -0.0757. The number of hydrogen-bond acceptors (Lipinski definition) is 5. The molecule has 0 aromatic rings. The number of dihydropyridines is 1. The summed E-state index contributed by atoms with van der Waals surface area (Å²) in [4.78, 5) is 9.77. The largest absolute Gasteiger partial charge is 0.363 e. The molecule has 0 radical (unpaired) electrons. The van der Waals surface area contributed by atoms with E-state index in [4.69, 9.17) is 15.1 Å². The van der Waals surface area contributed by atoms with Gasteiger partial charge in [-0.15, -0.1) is 0 Å². The van der Waals surface area contributed by atoms with Crippen molar-refractivity contribution in [1.82, 2.24) is 0 Å². The fourth-order valence-electron chi connectivity index (χ4n) is 6.00. The summed E-state index contributed by atoms with van der Waals surface area (Å²) in [5.41, 5.74) is 4.79. The number of nitrogens with one attached hydrogen (secondary N) is 1. The van der Waals surface area contributed by atoms with Crippen LogP contribution in [-0.4, -0.2) is 52.6 Å². The van der Waals surface area contributed by atoms with Crippen molar-refractivity contribution in [2.75, 3.05) is 6.54 Å². The molecule has 0 aromatic carbocycles. The van der Waals surface area contributed by atoms with Crippen molar-refractivity contribution in [3.8, 4) is 0 Å². The molecule has 198 valence electrons. The molecule has 6 unspecified atom stereocenters. The van der Waals surface area contributed by atoms with Crippen molar-refractivity contribution < 1.29 is 18.6 Å². The van der Waals surface area contributed by atoms with Crippen LogP contribution in [-0.2, 0) is 4.74 Å². The van der Waals surface area contributed by atoms with Crippen molar-refractivity contribution in [2.45, 2.75) is 97.0 Å². The molecule has 0 amide bonds. The Morgan fingerprint density at radius 1 is 1.22 bits per heavy atom. The average Bonchev–Trinajstić information content (AvgIpc) is 3.10. The van der Waals surface area contributed by atoms with Crippen LogP contribution < -0.4 is 0 Å². The number of halogens is 2. The molecule has 3 aliphatic carbocycles. The number of hydrogen-bond donors (Lipinski definition) is 2. The number of ether oxygens (including phenoxy) is 1. The molecular weight excluding hydrogens is 460 g/mol. The van der Waals surface area contributed by atoms with Gasteiger partial charge in [0.05, 0.1) is 23.9 Å². The monoisotopic (exact) mass is 501 g/mol. The summed E-state index contributed by atoms with van der Waals surface area (Å²) in [5, 5.41) is 19.3. The molecule has 0 aromatic heterocycles. The standard InChI is InChI=1S/C29H41F2N3O2/c1-16-17(2)34-26(24-15-33-21(14-22(16)24)9-10-29(6,30)31)23-12-18-7-8-19(23)13-20(11-18)25(32)27(35)36-28(3,4)5/h12,14,17-20,24,27,32,35H,1,7-11,13,15H2,2-6H3. The van der Waals surface area contributed by atoms with E-state index in [1.807, 2.05) is 33.8 Å². The molecule has 2 aliphatic heterocycles. The molecule has 0 saturated heterocycles. The zero-order valence-corrected chi connectivity index (χ0v) is 22.3. The quantitative estimate of drug-likeness (QED) is 0.316. The lowest BCUT2D eigenvalue weighted by atomic mass is 9.73. The van der Waals surface area contributed by atoms with Crippen LogP contribution in [0.4, 0.5) is 8.78 Å². The third-order valence-electron chi connectivity index (χ3n) is 7.90. The molecule has 36 heavy (non-hydrogen) atoms. The maximum atomic E-state index is 13.4. The van der Waals surface area contributed by atoms with Gasteiger partial charge < -0.3 is 15.3 Å². The van der Waals surface area contributed by atoms with Crippen LogP contribution in [0.25, 0.3) is 0 Å². The summed E-state index contributed by atoms with van der Waals surface area (Å²) in [6.45, 7) is 13.4. The lowest BCUT2D eigenvalue weighted by Gasteiger charge is -2.37. The van der Waals surface area contributed by atoms with Crippen LogP contribution in [0, 0.1) is 29.1 Å². The van der Waals surface area contributed by atoms with Gasteiger partial charge in [-0.1, -0.05) is 12.7 Å². The molecule has 6 atom stereocenters. The van der Waals surface area contributed by atoms with Gasteiger partial charge in [-0.05, 0) is 101 Å². The predicted octanol–water partition coefficient (Wildman–Crippen LogP) is 6.33. The normalized spacial score (nSPS) is 31.6. The van der Waals surface area contributed by atoms with Gasteiger partial charge in [-0.2, -0.15) is 0 Å². The first-order chi connectivity index (χ1) is 16.7. The highest BCUT2D eigenvalue weighted by Gasteiger charge is 2.41. The van der Waals surface area contributed by atoms with Crippen molar-refractivity contribution in [2.24, 2.45) is 33.7 Å². The van der Waals surface area contributed by atoms with Crippen LogP contribution in [0.15, 0.2) is 45.4 Å². The molecule has 5 aliphatic rings. The fourth-order valence-corrected chi connectivity index (χ4v) is 6.00. The van der Waals surface area contributed by atoms with Crippen molar-refractivity contribution in [3.63, 3.8) is 0 Å². The number of nitrogens with zero attached hydrogens (tertiary/aromatic N) is 2. The van der Waals surface area contributed by atoms with Gasteiger partial charge in [-0.3, -0.25) is 9.98 Å². The lowest BCUT2D eigenvalue weighted by molar-refractivity contribution is -0.128. The highest BCUT2D eigenvalue weighted by Crippen LogP contribution is 2.46. The van der Waals surface area contributed by atoms with E-state index in [1.165, 1.54) is 5.57 Å². The van der Waals surface area contributed by atoms with Gasteiger partial charge in [-0.25, -0.2) is 8.78 Å². The Hall–Kier alpha value is -1.99. The first-order valence-electron chi connectivity index (χ1n) is 13.3. The number of rotatable bonds is 7. The first kappa shape index (κ1) is 27.1. The van der Waals surface area contributed by atoms with Gasteiger partial charge in [0.15, 0.2) is 6.29 Å². The Morgan fingerprint density at radius 2 is 1.94 bits per heavy atom. The summed E-state index contributed by atoms with van der Waals surface area (Å²) in [6.07, 6.45) is 6.92. The van der Waals surface area contributed by atoms with Gasteiger partial charge >= 0.3 is 0 Å². The number of aliphatic imine (C=N–C) groups is 2. The minimum atomic E-state index is -2.71. The van der Waals surface area contributed by atoms with Crippen LogP contribution in [0.5, 0.6) is 0 Å². The fraction of sp³-hybridized carbons (Fsp3) is 0.690. The molecule has 2 bridgehead atoms. The summed E-state index contributed by atoms with van der Waals surface area (Å²) >= 11 is 0. The Bertz CT molecular complexity index is 1030. The van der Waals surface area contributed by atoms with E-state index in [1.54, 1.807) is 0 Å². The number of fused-ring (bicyclic) bond motifs is 4. The minimum absolute atomic E-state index is 0.00194. The zero-order chi connectivity index (χ0) is 26.4. The second kappa shape index (κ2) is 10.1. The minimum Gasteiger partial charge on any atom is -0.363 e. The molecule has 2 N–H and O–H groups in total. The predicted molar refractivity (Wildman–Crippen MR) is 141 cm³/mol. The van der Waals surface area contributed by atoms with E-state index in [2.05, 4.69) is 17.6 Å². The van der Waals surface area contributed by atoms with Crippen molar-refractivity contribution in [3.05, 3.63) is 35.5 Å². The van der Waals surface area contributed by atoms with E-state index in [0.717, 1.165) is 55.2 Å². The second-order valence-corrected chi connectivity index (χ2v) is 12.1. The molecular formula is C29H41F2N3O2. The second-order valence-electron chi connectivity index (χ2n) is 12.1. The number of aliphatic hydroxyl groups is 1. The third-order valence-corrected chi connectivity index (χ3v) is 7.90. The number of allylic oxidation sites excluding steroid dienone is 3. The van der Waals surface area contributed by atoms with Crippen molar-refractivity contribution >= 4 is 17.1 Å². The molecule has 5 nitrogen and oxygen atoms in total.